The molecule has 7 nitrogen and oxygen atoms in total. The Labute approximate surface area is 232 Å². The summed E-state index contributed by atoms with van der Waals surface area (Å²) in [7, 11) is 0. The van der Waals surface area contributed by atoms with Crippen LogP contribution in [0.15, 0.2) is 114 Å². The van der Waals surface area contributed by atoms with Crippen LogP contribution in [-0.4, -0.2) is 33.9 Å². The lowest BCUT2D eigenvalue weighted by Gasteiger charge is -2.28. The molecule has 1 N–H and O–H groups in total. The van der Waals surface area contributed by atoms with E-state index in [0.717, 1.165) is 23.5 Å². The van der Waals surface area contributed by atoms with Crippen molar-refractivity contribution < 1.29 is 14.3 Å². The molecule has 0 fully saturated rings. The fourth-order valence-electron chi connectivity index (χ4n) is 4.38. The molecule has 0 saturated heterocycles. The Kier molecular flexibility index (Phi) is 8.43. The molecule has 0 aliphatic carbocycles. The first-order chi connectivity index (χ1) is 19.1. The highest BCUT2D eigenvalue weighted by atomic mass is 32.2. The second kappa shape index (κ2) is 12.5. The molecule has 8 heteroatoms. The quantitative estimate of drug-likeness (QED) is 0.138. The number of fused-ring (bicyclic) bond motifs is 1. The zero-order valence-corrected chi connectivity index (χ0v) is 22.6. The van der Waals surface area contributed by atoms with Gasteiger partial charge < -0.3 is 14.8 Å². The maximum absolute atomic E-state index is 13.2. The van der Waals surface area contributed by atoms with Gasteiger partial charge in [0.05, 0.1) is 12.2 Å². The van der Waals surface area contributed by atoms with Gasteiger partial charge in [0.25, 0.3) is 0 Å². The molecule has 0 saturated carbocycles. The Balaban J connectivity index is 1.38. The SMILES string of the molecule is C=CCOC(=O)C1=C(C)Nc2nc(SCc3ccccc3)nn2C1c1ccc(OCCc2ccccc2)cc1. The number of benzene rings is 3. The number of anilines is 1. The number of allylic oxidation sites excluding steroid dienone is 1. The lowest BCUT2D eigenvalue weighted by molar-refractivity contribution is -0.138. The van der Waals surface area contributed by atoms with E-state index in [1.54, 1.807) is 22.5 Å². The minimum atomic E-state index is -0.504. The van der Waals surface area contributed by atoms with Gasteiger partial charge in [-0.05, 0) is 35.7 Å². The van der Waals surface area contributed by atoms with E-state index in [2.05, 4.69) is 36.2 Å². The van der Waals surface area contributed by atoms with Gasteiger partial charge in [-0.2, -0.15) is 4.98 Å². The van der Waals surface area contributed by atoms with Crippen molar-refractivity contribution in [2.24, 2.45) is 0 Å². The van der Waals surface area contributed by atoms with Crippen molar-refractivity contribution in [3.8, 4) is 5.75 Å². The topological polar surface area (TPSA) is 78.3 Å². The smallest absolute Gasteiger partial charge is 0.338 e. The van der Waals surface area contributed by atoms with Crippen LogP contribution in [0.2, 0.25) is 0 Å². The average Bonchev–Trinajstić information content (AvgIpc) is 3.38. The molecular weight excluding hydrogens is 508 g/mol. The number of rotatable bonds is 11. The highest BCUT2D eigenvalue weighted by Crippen LogP contribution is 2.37. The summed E-state index contributed by atoms with van der Waals surface area (Å²) < 4.78 is 13.2. The van der Waals surface area contributed by atoms with Crippen molar-refractivity contribution >= 4 is 23.7 Å². The molecule has 1 atom stereocenters. The fourth-order valence-corrected chi connectivity index (χ4v) is 5.16. The normalized spacial score (nSPS) is 14.3. The number of thioether (sulfide) groups is 1. The van der Waals surface area contributed by atoms with Crippen LogP contribution in [0.4, 0.5) is 5.95 Å². The molecule has 0 bridgehead atoms. The highest BCUT2D eigenvalue weighted by Gasteiger charge is 2.35. The average molecular weight is 539 g/mol. The van der Waals surface area contributed by atoms with Crippen LogP contribution >= 0.6 is 11.8 Å². The molecule has 1 aliphatic heterocycles. The van der Waals surface area contributed by atoms with Crippen molar-refractivity contribution in [1.29, 1.82) is 0 Å². The lowest BCUT2D eigenvalue weighted by atomic mass is 9.96. The summed E-state index contributed by atoms with van der Waals surface area (Å²) >= 11 is 1.55. The number of hydrogen-bond donors (Lipinski definition) is 1. The number of aromatic nitrogens is 3. The third-order valence-corrected chi connectivity index (χ3v) is 7.20. The third-order valence-electron chi connectivity index (χ3n) is 6.29. The van der Waals surface area contributed by atoms with Crippen LogP contribution in [0.5, 0.6) is 5.75 Å². The van der Waals surface area contributed by atoms with Gasteiger partial charge in [-0.3, -0.25) is 0 Å². The Morgan fingerprint density at radius 3 is 2.41 bits per heavy atom. The van der Waals surface area contributed by atoms with Crippen molar-refractivity contribution in [2.45, 2.75) is 30.3 Å². The summed E-state index contributed by atoms with van der Waals surface area (Å²) in [5.41, 5.74) is 4.45. The van der Waals surface area contributed by atoms with E-state index in [-0.39, 0.29) is 6.61 Å². The number of carbonyl (C=O) groups excluding carboxylic acids is 1. The number of nitrogens with zero attached hydrogens (tertiary/aromatic N) is 3. The van der Waals surface area contributed by atoms with E-state index in [1.807, 2.05) is 67.6 Å². The molecule has 5 rings (SSSR count). The van der Waals surface area contributed by atoms with Crippen molar-refractivity contribution in [1.82, 2.24) is 14.8 Å². The molecule has 1 aromatic heterocycles. The number of hydrogen-bond acceptors (Lipinski definition) is 7. The maximum atomic E-state index is 13.2. The van der Waals surface area contributed by atoms with Gasteiger partial charge in [0, 0.05) is 17.9 Å². The molecule has 4 aromatic rings. The number of nitrogens with one attached hydrogen (secondary N) is 1. The van der Waals surface area contributed by atoms with E-state index < -0.39 is 12.0 Å². The van der Waals surface area contributed by atoms with Gasteiger partial charge in [0.1, 0.15) is 18.4 Å². The summed E-state index contributed by atoms with van der Waals surface area (Å²) in [6.07, 6.45) is 2.38. The Morgan fingerprint density at radius 1 is 1.03 bits per heavy atom. The van der Waals surface area contributed by atoms with Gasteiger partial charge in [-0.25, -0.2) is 9.48 Å². The summed E-state index contributed by atoms with van der Waals surface area (Å²) in [6, 6.07) is 27.7. The minimum Gasteiger partial charge on any atom is -0.493 e. The highest BCUT2D eigenvalue weighted by molar-refractivity contribution is 7.98. The van der Waals surface area contributed by atoms with E-state index >= 15 is 0 Å². The van der Waals surface area contributed by atoms with Crippen LogP contribution in [-0.2, 0) is 21.7 Å². The standard InChI is InChI=1S/C31H30N4O3S/c1-3-19-38-29(36)27-22(2)32-30-33-31(39-21-24-12-8-5-9-13-24)34-35(30)28(27)25-14-16-26(17-15-25)37-20-18-23-10-6-4-7-11-23/h3-17,28H,1,18-21H2,2H3,(H,32,33,34). The van der Waals surface area contributed by atoms with Crippen molar-refractivity contribution in [3.63, 3.8) is 0 Å². The van der Waals surface area contributed by atoms with E-state index in [4.69, 9.17) is 19.6 Å². The summed E-state index contributed by atoms with van der Waals surface area (Å²) in [5.74, 6) is 1.66. The monoisotopic (exact) mass is 538 g/mol. The van der Waals surface area contributed by atoms with E-state index in [0.29, 0.717) is 29.0 Å². The predicted molar refractivity (Wildman–Crippen MR) is 154 cm³/mol. The Bertz CT molecular complexity index is 1450. The van der Waals surface area contributed by atoms with Crippen molar-refractivity contribution in [3.05, 3.63) is 126 Å². The largest absolute Gasteiger partial charge is 0.493 e. The van der Waals surface area contributed by atoms with E-state index in [9.17, 15) is 4.79 Å². The summed E-state index contributed by atoms with van der Waals surface area (Å²) in [4.78, 5) is 17.9. The first-order valence-electron chi connectivity index (χ1n) is 12.8. The van der Waals surface area contributed by atoms with Gasteiger partial charge in [0.15, 0.2) is 0 Å². The Morgan fingerprint density at radius 2 is 1.72 bits per heavy atom. The van der Waals surface area contributed by atoms with Gasteiger partial charge in [-0.1, -0.05) is 97.2 Å². The second-order valence-corrected chi connectivity index (χ2v) is 9.99. The van der Waals surface area contributed by atoms with Gasteiger partial charge >= 0.3 is 5.97 Å². The summed E-state index contributed by atoms with van der Waals surface area (Å²) in [5, 5.41) is 8.66. The van der Waals surface area contributed by atoms with Gasteiger partial charge in [0.2, 0.25) is 11.1 Å². The van der Waals surface area contributed by atoms with Crippen LogP contribution in [0.25, 0.3) is 0 Å². The molecule has 2 heterocycles. The van der Waals surface area contributed by atoms with E-state index in [1.165, 1.54) is 11.1 Å². The van der Waals surface area contributed by atoms with Crippen LogP contribution < -0.4 is 10.1 Å². The number of carbonyl (C=O) groups is 1. The second-order valence-electron chi connectivity index (χ2n) is 9.04. The zero-order valence-electron chi connectivity index (χ0n) is 21.7. The van der Waals surface area contributed by atoms with Gasteiger partial charge in [-0.15, -0.1) is 5.10 Å². The zero-order chi connectivity index (χ0) is 27.0. The molecule has 1 unspecified atom stereocenters. The fraction of sp³-hybridized carbons (Fsp3) is 0.194. The van der Waals surface area contributed by atoms with Crippen LogP contribution in [0.1, 0.15) is 29.7 Å². The minimum absolute atomic E-state index is 0.124. The third kappa shape index (κ3) is 6.41. The predicted octanol–water partition coefficient (Wildman–Crippen LogP) is 6.21. The number of esters is 1. The first kappa shape index (κ1) is 26.3. The molecule has 0 radical (unpaired) electrons. The molecule has 0 spiro atoms. The number of ether oxygens (including phenoxy) is 2. The van der Waals surface area contributed by atoms with Crippen molar-refractivity contribution in [2.75, 3.05) is 18.5 Å². The Hall–Kier alpha value is -4.30. The molecular formula is C31H30N4O3S. The molecule has 1 aliphatic rings. The van der Waals surface area contributed by atoms with Crippen LogP contribution in [0, 0.1) is 0 Å². The lowest BCUT2D eigenvalue weighted by Crippen LogP contribution is -2.29. The first-order valence-corrected chi connectivity index (χ1v) is 13.8. The molecule has 3 aromatic carbocycles. The summed E-state index contributed by atoms with van der Waals surface area (Å²) in [6.45, 7) is 6.21. The molecule has 198 valence electrons. The maximum Gasteiger partial charge on any atom is 0.338 e. The molecule has 39 heavy (non-hydrogen) atoms. The molecule has 0 amide bonds. The van der Waals surface area contributed by atoms with Crippen LogP contribution in [0.3, 0.4) is 0 Å².